The molecule has 1 heterocycles. The Morgan fingerprint density at radius 3 is 2.36 bits per heavy atom. The van der Waals surface area contributed by atoms with E-state index in [-0.39, 0.29) is 12.5 Å². The van der Waals surface area contributed by atoms with Gasteiger partial charge in [-0.2, -0.15) is 13.1 Å². The maximum atomic E-state index is 11.0. The second kappa shape index (κ2) is 12.2. The van der Waals surface area contributed by atoms with Crippen molar-refractivity contribution in [1.29, 1.82) is 0 Å². The van der Waals surface area contributed by atoms with Crippen LogP contribution in [-0.4, -0.2) is 31.1 Å². The molecule has 0 radical (unpaired) electrons. The van der Waals surface area contributed by atoms with Gasteiger partial charge < -0.3 is 10.1 Å². The Labute approximate surface area is 216 Å². The van der Waals surface area contributed by atoms with Crippen molar-refractivity contribution < 1.29 is 17.7 Å². The highest BCUT2D eigenvalue weighted by Crippen LogP contribution is 2.36. The normalized spacial score (nSPS) is 20.3. The van der Waals surface area contributed by atoms with E-state index in [2.05, 4.69) is 46.1 Å². The third-order valence-electron chi connectivity index (χ3n) is 7.51. The Kier molecular flexibility index (Phi) is 9.08. The van der Waals surface area contributed by atoms with Crippen molar-refractivity contribution in [2.75, 3.05) is 6.54 Å². The van der Waals surface area contributed by atoms with E-state index in [9.17, 15) is 8.42 Å². The largest absolute Gasteiger partial charge is 0.489 e. The number of piperidine rings is 1. The molecule has 2 fully saturated rings. The molecule has 6 nitrogen and oxygen atoms in total. The van der Waals surface area contributed by atoms with Crippen molar-refractivity contribution in [3.05, 3.63) is 65.2 Å². The molecule has 2 unspecified atom stereocenters. The fraction of sp³-hybridized carbons (Fsp3) is 0.517. The molecule has 3 N–H and O–H groups in total. The van der Waals surface area contributed by atoms with Gasteiger partial charge in [0, 0.05) is 18.1 Å². The summed E-state index contributed by atoms with van der Waals surface area (Å²) in [6.45, 7) is 2.18. The van der Waals surface area contributed by atoms with Gasteiger partial charge in [0.05, 0.1) is 5.92 Å². The first kappa shape index (κ1) is 26.7. The number of ether oxygens (including phenoxy) is 1. The van der Waals surface area contributed by atoms with Crippen molar-refractivity contribution >= 4 is 10.3 Å². The van der Waals surface area contributed by atoms with E-state index in [0.717, 1.165) is 23.3 Å². The van der Waals surface area contributed by atoms with Crippen molar-refractivity contribution in [2.45, 2.75) is 88.8 Å². The number of hydrogen-bond acceptors (Lipinski definition) is 4. The summed E-state index contributed by atoms with van der Waals surface area (Å²) in [4.78, 5) is 0. The van der Waals surface area contributed by atoms with E-state index in [0.29, 0.717) is 18.2 Å². The second-order valence-corrected chi connectivity index (χ2v) is 11.5. The lowest BCUT2D eigenvalue weighted by Crippen LogP contribution is -2.55. The lowest BCUT2D eigenvalue weighted by molar-refractivity contribution is 0.150. The zero-order valence-electron chi connectivity index (χ0n) is 21.1. The van der Waals surface area contributed by atoms with Crippen LogP contribution in [0, 0.1) is 11.8 Å². The van der Waals surface area contributed by atoms with Gasteiger partial charge in [-0.1, -0.05) is 68.0 Å². The Morgan fingerprint density at radius 2 is 1.69 bits per heavy atom. The van der Waals surface area contributed by atoms with Gasteiger partial charge in [-0.05, 0) is 67.9 Å². The minimum absolute atomic E-state index is 0.00356. The molecule has 1 saturated carbocycles. The molecule has 2 aromatic rings. The topological polar surface area (TPSA) is 87.7 Å². The standard InChI is InChI=1S/C29H38N2O4S/c1-2-7-26(21-30-36(32,33)34)25-13-15-28(16-14-25)35-22-24-11-9-23(10-12-24)20-27-8-6-19-29(31-27)17-4-3-5-18-29/h9-16,26-27,30-31H,3-6,8,17-22H2,1H3,(H,32,33,34). The summed E-state index contributed by atoms with van der Waals surface area (Å²) in [7, 11) is -4.26. The van der Waals surface area contributed by atoms with Crippen molar-refractivity contribution in [3.8, 4) is 17.6 Å². The quantitative estimate of drug-likeness (QED) is 0.321. The first-order valence-electron chi connectivity index (χ1n) is 13.1. The minimum atomic E-state index is -4.26. The van der Waals surface area contributed by atoms with Gasteiger partial charge in [-0.25, -0.2) is 0 Å². The number of hydrogen-bond donors (Lipinski definition) is 3. The number of benzene rings is 2. The molecule has 4 rings (SSSR count). The molecule has 194 valence electrons. The first-order chi connectivity index (χ1) is 17.3. The average molecular weight is 511 g/mol. The molecule has 1 spiro atoms. The second-order valence-electron chi connectivity index (χ2n) is 10.2. The molecule has 2 aliphatic rings. The van der Waals surface area contributed by atoms with Crippen LogP contribution in [0.3, 0.4) is 0 Å². The van der Waals surface area contributed by atoms with E-state index in [1.54, 1.807) is 6.92 Å². The first-order valence-corrected chi connectivity index (χ1v) is 14.5. The predicted molar refractivity (Wildman–Crippen MR) is 143 cm³/mol. The van der Waals surface area contributed by atoms with Crippen LogP contribution in [0.5, 0.6) is 5.75 Å². The molecule has 1 aliphatic heterocycles. The fourth-order valence-corrected chi connectivity index (χ4v) is 6.05. The van der Waals surface area contributed by atoms with Crippen LogP contribution >= 0.6 is 0 Å². The Bertz CT molecular complexity index is 1140. The lowest BCUT2D eigenvalue weighted by atomic mass is 9.74. The van der Waals surface area contributed by atoms with Crippen molar-refractivity contribution in [1.82, 2.24) is 10.0 Å². The van der Waals surface area contributed by atoms with E-state index >= 15 is 0 Å². The van der Waals surface area contributed by atoms with E-state index in [1.165, 1.54) is 56.9 Å². The zero-order chi connectivity index (χ0) is 25.4. The highest BCUT2D eigenvalue weighted by molar-refractivity contribution is 7.83. The molecule has 0 bridgehead atoms. The fourth-order valence-electron chi connectivity index (χ4n) is 5.67. The van der Waals surface area contributed by atoms with Gasteiger partial charge in [0.15, 0.2) is 0 Å². The average Bonchev–Trinajstić information content (AvgIpc) is 2.86. The summed E-state index contributed by atoms with van der Waals surface area (Å²) < 4.78 is 39.0. The summed E-state index contributed by atoms with van der Waals surface area (Å²) in [5.41, 5.74) is 3.74. The van der Waals surface area contributed by atoms with E-state index < -0.39 is 10.3 Å². The molecule has 0 amide bonds. The predicted octanol–water partition coefficient (Wildman–Crippen LogP) is 5.15. The van der Waals surface area contributed by atoms with E-state index in [1.807, 2.05) is 24.3 Å². The van der Waals surface area contributed by atoms with Gasteiger partial charge in [0.2, 0.25) is 0 Å². The maximum absolute atomic E-state index is 11.0. The third kappa shape index (κ3) is 7.81. The van der Waals surface area contributed by atoms with Crippen molar-refractivity contribution in [2.24, 2.45) is 0 Å². The van der Waals surface area contributed by atoms with Crippen LogP contribution in [0.2, 0.25) is 0 Å². The zero-order valence-corrected chi connectivity index (χ0v) is 21.9. The van der Waals surface area contributed by atoms with Crippen LogP contribution < -0.4 is 14.8 Å². The van der Waals surface area contributed by atoms with Crippen LogP contribution in [0.15, 0.2) is 48.5 Å². The molecule has 1 saturated heterocycles. The molecule has 0 aromatic heterocycles. The van der Waals surface area contributed by atoms with Gasteiger partial charge in [0.25, 0.3) is 0 Å². The van der Waals surface area contributed by atoms with Crippen molar-refractivity contribution in [3.63, 3.8) is 0 Å². The molecule has 36 heavy (non-hydrogen) atoms. The van der Waals surface area contributed by atoms with Gasteiger partial charge >= 0.3 is 10.3 Å². The Hall–Kier alpha value is -2.37. The Balaban J connectivity index is 1.28. The molecule has 1 aliphatic carbocycles. The smallest absolute Gasteiger partial charge is 0.333 e. The molecule has 2 aromatic carbocycles. The van der Waals surface area contributed by atoms with E-state index in [4.69, 9.17) is 9.29 Å². The highest BCUT2D eigenvalue weighted by atomic mass is 32.2. The maximum Gasteiger partial charge on any atom is 0.333 e. The molecule has 2 atom stereocenters. The van der Waals surface area contributed by atoms with Gasteiger partial charge in [-0.15, -0.1) is 5.92 Å². The number of nitrogens with one attached hydrogen (secondary N) is 2. The minimum Gasteiger partial charge on any atom is -0.489 e. The Morgan fingerprint density at radius 1 is 1.03 bits per heavy atom. The van der Waals surface area contributed by atoms with Crippen LogP contribution in [0.1, 0.15) is 80.9 Å². The summed E-state index contributed by atoms with van der Waals surface area (Å²) in [5, 5.41) is 4.03. The van der Waals surface area contributed by atoms with Crippen LogP contribution in [0.25, 0.3) is 0 Å². The van der Waals surface area contributed by atoms with Crippen LogP contribution in [-0.2, 0) is 23.3 Å². The van der Waals surface area contributed by atoms with Gasteiger partial charge in [0.1, 0.15) is 12.4 Å². The molecular weight excluding hydrogens is 472 g/mol. The number of rotatable bonds is 9. The SMILES string of the molecule is CC#CC(CNS(=O)(=O)O)c1ccc(OCc2ccc(CC3CCCC4(CCCCC4)N3)cc2)cc1. The summed E-state index contributed by atoms with van der Waals surface area (Å²) in [5.74, 6) is 6.15. The van der Waals surface area contributed by atoms with Gasteiger partial charge in [-0.3, -0.25) is 4.55 Å². The summed E-state index contributed by atoms with van der Waals surface area (Å²) >= 11 is 0. The molecule has 7 heteroatoms. The van der Waals surface area contributed by atoms with Crippen LogP contribution in [0.4, 0.5) is 0 Å². The summed E-state index contributed by atoms with van der Waals surface area (Å²) in [6.07, 6.45) is 11.8. The summed E-state index contributed by atoms with van der Waals surface area (Å²) in [6, 6.07) is 16.8. The third-order valence-corrected chi connectivity index (χ3v) is 8.04. The lowest BCUT2D eigenvalue weighted by Gasteiger charge is -2.45. The highest BCUT2D eigenvalue weighted by Gasteiger charge is 2.36. The molecular formula is C29H38N2O4S. The monoisotopic (exact) mass is 510 g/mol.